The van der Waals surface area contributed by atoms with Crippen molar-refractivity contribution in [1.82, 2.24) is 10.6 Å². The Bertz CT molecular complexity index is 1570. The van der Waals surface area contributed by atoms with Crippen molar-refractivity contribution in [3.8, 4) is 29.1 Å². The van der Waals surface area contributed by atoms with E-state index in [0.29, 0.717) is 48.8 Å². The van der Waals surface area contributed by atoms with E-state index in [1.807, 2.05) is 48.5 Å². The van der Waals surface area contributed by atoms with Gasteiger partial charge in [0.15, 0.2) is 5.69 Å². The average molecular weight is 705 g/mol. The molecule has 0 atom stereocenters. The highest BCUT2D eigenvalue weighted by molar-refractivity contribution is 5.95. The molecule has 12 nitrogen and oxygen atoms in total. The van der Waals surface area contributed by atoms with Gasteiger partial charge in [0.1, 0.15) is 34.7 Å². The van der Waals surface area contributed by atoms with E-state index in [0.717, 1.165) is 74.9 Å². The van der Waals surface area contributed by atoms with Crippen LogP contribution < -0.4 is 41.0 Å². The quantitative estimate of drug-likeness (QED) is 0.0246. The van der Waals surface area contributed by atoms with Crippen LogP contribution in [0.3, 0.4) is 0 Å². The lowest BCUT2D eigenvalue weighted by Gasteiger charge is -2.09. The molecule has 0 radical (unpaired) electrons. The molecule has 4 aromatic carbocycles. The number of nitrogens with zero attached hydrogens (tertiary/aromatic N) is 2. The van der Waals surface area contributed by atoms with E-state index >= 15 is 0 Å². The van der Waals surface area contributed by atoms with E-state index in [1.54, 1.807) is 48.5 Å². The number of ether oxygens (including phenoxy) is 4. The number of nitrogen functional groups attached to an aromatic ring is 2. The Labute approximate surface area is 306 Å². The van der Waals surface area contributed by atoms with E-state index in [4.69, 9.17) is 53.1 Å². The predicted molar refractivity (Wildman–Crippen MR) is 205 cm³/mol. The highest BCUT2D eigenvalue weighted by Crippen LogP contribution is 2.18. The van der Waals surface area contributed by atoms with Gasteiger partial charge in [0.05, 0.1) is 44.6 Å². The molecule has 8 N–H and O–H groups in total. The van der Waals surface area contributed by atoms with Crippen LogP contribution in [0.4, 0.5) is 5.69 Å². The Balaban J connectivity index is 0.000000281. The van der Waals surface area contributed by atoms with Crippen molar-refractivity contribution in [3.63, 3.8) is 0 Å². The van der Waals surface area contributed by atoms with E-state index in [9.17, 15) is 0 Å². The number of rotatable bonds is 22. The van der Waals surface area contributed by atoms with Crippen LogP contribution in [0.25, 0.3) is 4.85 Å². The second-order valence-electron chi connectivity index (χ2n) is 11.4. The maximum Gasteiger partial charge on any atom is 0.187 e. The number of nitriles is 1. The first-order chi connectivity index (χ1) is 25.4. The molecule has 0 aliphatic heterocycles. The third kappa shape index (κ3) is 16.5. The molecule has 0 saturated carbocycles. The topological polar surface area (TPSA) is 189 Å². The minimum Gasteiger partial charge on any atom is -0.494 e. The van der Waals surface area contributed by atoms with Gasteiger partial charge in [0, 0.05) is 11.1 Å². The monoisotopic (exact) mass is 704 g/mol. The van der Waals surface area contributed by atoms with Gasteiger partial charge < -0.3 is 41.0 Å². The molecule has 0 fully saturated rings. The van der Waals surface area contributed by atoms with Crippen LogP contribution in [0.1, 0.15) is 42.4 Å². The van der Waals surface area contributed by atoms with Crippen LogP contribution in [-0.2, 0) is 0 Å². The van der Waals surface area contributed by atoms with Gasteiger partial charge in [-0.15, -0.1) is 0 Å². The maximum absolute atomic E-state index is 8.73. The second kappa shape index (κ2) is 24.1. The summed E-state index contributed by atoms with van der Waals surface area (Å²) < 4.78 is 22.5. The first-order valence-electron chi connectivity index (χ1n) is 17.2. The van der Waals surface area contributed by atoms with Crippen molar-refractivity contribution >= 4 is 17.4 Å². The van der Waals surface area contributed by atoms with Crippen LogP contribution in [0.15, 0.2) is 97.1 Å². The number of nitrogens with one attached hydrogen (secondary N) is 4. The molecule has 0 aliphatic rings. The number of benzene rings is 4. The molecule has 0 unspecified atom stereocenters. The smallest absolute Gasteiger partial charge is 0.187 e. The van der Waals surface area contributed by atoms with E-state index < -0.39 is 0 Å². The van der Waals surface area contributed by atoms with E-state index in [2.05, 4.69) is 21.5 Å². The van der Waals surface area contributed by atoms with Crippen LogP contribution in [0.5, 0.6) is 23.0 Å². The lowest BCUT2D eigenvalue weighted by Crippen LogP contribution is -2.20. The fraction of sp³-hybridized carbons (Fsp3) is 0.300. The Morgan fingerprint density at radius 1 is 0.558 bits per heavy atom. The van der Waals surface area contributed by atoms with Crippen LogP contribution in [0.2, 0.25) is 0 Å². The molecule has 4 rings (SSSR count). The van der Waals surface area contributed by atoms with Crippen molar-refractivity contribution < 1.29 is 18.9 Å². The molecule has 0 spiro atoms. The van der Waals surface area contributed by atoms with Crippen molar-refractivity contribution in [1.29, 1.82) is 16.1 Å². The summed E-state index contributed by atoms with van der Waals surface area (Å²) in [7, 11) is 0. The summed E-state index contributed by atoms with van der Waals surface area (Å²) in [6, 6.07) is 30.8. The fourth-order valence-electron chi connectivity index (χ4n) is 4.50. The van der Waals surface area contributed by atoms with Gasteiger partial charge in [0.25, 0.3) is 0 Å². The van der Waals surface area contributed by atoms with Crippen molar-refractivity contribution in [2.24, 2.45) is 11.5 Å². The van der Waals surface area contributed by atoms with Gasteiger partial charge in [-0.25, -0.2) is 4.85 Å². The summed E-state index contributed by atoms with van der Waals surface area (Å²) in [4.78, 5) is 3.35. The van der Waals surface area contributed by atoms with Gasteiger partial charge in [-0.05, 0) is 137 Å². The first-order valence-corrected chi connectivity index (χ1v) is 17.2. The molecule has 12 heteroatoms. The second-order valence-corrected chi connectivity index (χ2v) is 11.4. The first kappa shape index (κ1) is 40.4. The molecule has 272 valence electrons. The van der Waals surface area contributed by atoms with E-state index in [1.165, 1.54) is 0 Å². The van der Waals surface area contributed by atoms with Crippen molar-refractivity contribution in [3.05, 3.63) is 125 Å². The Morgan fingerprint density at radius 3 is 1.15 bits per heavy atom. The summed E-state index contributed by atoms with van der Waals surface area (Å²) in [5.74, 6) is 3.26. The molecule has 0 heterocycles. The Morgan fingerprint density at radius 2 is 0.865 bits per heavy atom. The van der Waals surface area contributed by atoms with E-state index in [-0.39, 0.29) is 11.7 Å². The van der Waals surface area contributed by atoms with Gasteiger partial charge >= 0.3 is 0 Å². The third-order valence-electron chi connectivity index (χ3n) is 7.35. The van der Waals surface area contributed by atoms with Gasteiger partial charge in [0.2, 0.25) is 0 Å². The standard InChI is InChI=1S/C20H27N5O2.C20H21N3O2/c21-19(22)15-3-7-17(8-4-15)26-13-1-11-25-12-2-14-27-18-9-5-16(6-10-18)20(23)24;1-22-18-6-10-20(11-7-18)25-15-3-13-23-12-2-14-24-19-8-4-17(16-21)5-9-19/h3-10,25H,1-2,11-14H2,(H3,21,22)(H3,23,24);4-11,23H,2-3,12-15H2. The summed E-state index contributed by atoms with van der Waals surface area (Å²) in [5.41, 5.74) is 13.5. The van der Waals surface area contributed by atoms with Crippen LogP contribution in [0, 0.1) is 28.7 Å². The van der Waals surface area contributed by atoms with Crippen molar-refractivity contribution in [2.45, 2.75) is 25.7 Å². The third-order valence-corrected chi connectivity index (χ3v) is 7.35. The van der Waals surface area contributed by atoms with Gasteiger partial charge in [-0.3, -0.25) is 10.8 Å². The zero-order valence-corrected chi connectivity index (χ0v) is 29.4. The zero-order valence-electron chi connectivity index (χ0n) is 29.4. The lowest BCUT2D eigenvalue weighted by molar-refractivity contribution is 0.297. The summed E-state index contributed by atoms with van der Waals surface area (Å²) >= 11 is 0. The van der Waals surface area contributed by atoms with Gasteiger partial charge in [-0.2, -0.15) is 5.26 Å². The van der Waals surface area contributed by atoms with Gasteiger partial charge in [-0.1, -0.05) is 12.1 Å². The largest absolute Gasteiger partial charge is 0.494 e. The number of hydrogen-bond donors (Lipinski definition) is 6. The fourth-order valence-corrected chi connectivity index (χ4v) is 4.50. The number of hydrogen-bond acceptors (Lipinski definition) is 9. The average Bonchev–Trinajstić information content (AvgIpc) is 3.17. The molecular formula is C40H48N8O4. The molecule has 0 aromatic heterocycles. The number of nitrogens with two attached hydrogens (primary N) is 2. The lowest BCUT2D eigenvalue weighted by atomic mass is 10.2. The number of amidine groups is 2. The molecule has 0 saturated heterocycles. The Hall–Kier alpha value is -6.08. The maximum atomic E-state index is 8.73. The normalized spacial score (nSPS) is 10.1. The Kier molecular flexibility index (Phi) is 18.7. The molecule has 52 heavy (non-hydrogen) atoms. The zero-order chi connectivity index (χ0) is 37.2. The summed E-state index contributed by atoms with van der Waals surface area (Å²) in [6.45, 7) is 13.0. The highest BCUT2D eigenvalue weighted by atomic mass is 16.5. The minimum absolute atomic E-state index is 0.0582. The molecule has 4 aromatic rings. The van der Waals surface area contributed by atoms with Crippen LogP contribution >= 0.6 is 0 Å². The minimum atomic E-state index is 0.0582. The summed E-state index contributed by atoms with van der Waals surface area (Å²) in [6.07, 6.45) is 3.64. The SMILES string of the molecule is N=C(N)c1ccc(OCCCNCCCOc2ccc(C(=N)N)cc2)cc1.[C-]#[N+]c1ccc(OCCCNCCCOc2ccc(C#N)cc2)cc1. The van der Waals surface area contributed by atoms with Crippen molar-refractivity contribution in [2.75, 3.05) is 52.6 Å². The molecule has 0 aliphatic carbocycles. The predicted octanol–water partition coefficient (Wildman–Crippen LogP) is 6.02. The molecule has 0 amide bonds. The highest BCUT2D eigenvalue weighted by Gasteiger charge is 2.00. The summed E-state index contributed by atoms with van der Waals surface area (Å²) in [5, 5.41) is 30.1. The molecule has 0 bridgehead atoms. The molecular weight excluding hydrogens is 656 g/mol. The van der Waals surface area contributed by atoms with Crippen LogP contribution in [-0.4, -0.2) is 64.3 Å².